The zero-order valence-electron chi connectivity index (χ0n) is 17.4. The molecule has 0 spiro atoms. The number of benzene rings is 3. The minimum absolute atomic E-state index is 0.248. The van der Waals surface area contributed by atoms with Crippen molar-refractivity contribution < 1.29 is 4.79 Å². The van der Waals surface area contributed by atoms with E-state index in [0.717, 1.165) is 27.6 Å². The molecule has 1 atom stereocenters. The Balaban J connectivity index is 1.49. The third-order valence-electron chi connectivity index (χ3n) is 5.43. The van der Waals surface area contributed by atoms with Crippen molar-refractivity contribution in [2.24, 2.45) is 0 Å². The minimum Gasteiger partial charge on any atom is -0.321 e. The monoisotopic (exact) mass is 470 g/mol. The Morgan fingerprint density at radius 1 is 0.970 bits per heavy atom. The van der Waals surface area contributed by atoms with Crippen LogP contribution in [0.1, 0.15) is 26.7 Å². The summed E-state index contributed by atoms with van der Waals surface area (Å²) in [5, 5.41) is 11.1. The van der Waals surface area contributed by atoms with Gasteiger partial charge in [-0.15, -0.1) is 0 Å². The number of amides is 1. The zero-order chi connectivity index (χ0) is 22.8. The summed E-state index contributed by atoms with van der Waals surface area (Å²) >= 11 is 11.3. The third kappa shape index (κ3) is 4.23. The normalized spacial score (nSPS) is 11.9. The number of thiol groups is 1. The molecule has 0 fully saturated rings. The highest BCUT2D eigenvalue weighted by atomic mass is 35.5. The predicted octanol–water partition coefficient (Wildman–Crippen LogP) is 6.55. The van der Waals surface area contributed by atoms with E-state index in [4.69, 9.17) is 24.2 Å². The van der Waals surface area contributed by atoms with Crippen LogP contribution in [0.3, 0.4) is 0 Å². The van der Waals surface area contributed by atoms with Gasteiger partial charge in [0, 0.05) is 22.1 Å². The van der Waals surface area contributed by atoms with Gasteiger partial charge >= 0.3 is 0 Å². The van der Waals surface area contributed by atoms with Gasteiger partial charge in [0.1, 0.15) is 5.15 Å². The molecule has 0 radical (unpaired) electrons. The summed E-state index contributed by atoms with van der Waals surface area (Å²) in [5.74, 6) is -0.248. The van der Waals surface area contributed by atoms with Crippen LogP contribution >= 0.6 is 24.2 Å². The highest BCUT2D eigenvalue weighted by Crippen LogP contribution is 2.40. The Bertz CT molecular complexity index is 1450. The van der Waals surface area contributed by atoms with Crippen molar-refractivity contribution in [2.75, 3.05) is 5.32 Å². The second-order valence-corrected chi connectivity index (χ2v) is 8.42. The van der Waals surface area contributed by atoms with E-state index in [9.17, 15) is 4.79 Å². The van der Waals surface area contributed by atoms with E-state index in [1.165, 1.54) is 0 Å². The van der Waals surface area contributed by atoms with Gasteiger partial charge in [-0.25, -0.2) is 0 Å². The van der Waals surface area contributed by atoms with Gasteiger partial charge in [0.25, 0.3) is 5.91 Å². The number of halogens is 1. The molecule has 1 unspecified atom stereocenters. The molecule has 0 aliphatic carbocycles. The van der Waals surface area contributed by atoms with E-state index >= 15 is 0 Å². The molecule has 3 aromatic carbocycles. The lowest BCUT2D eigenvalue weighted by molar-refractivity contribution is 0.102. The van der Waals surface area contributed by atoms with Gasteiger partial charge in [0.15, 0.2) is 0 Å². The first-order valence-corrected chi connectivity index (χ1v) is 11.2. The summed E-state index contributed by atoms with van der Waals surface area (Å²) in [6.07, 6.45) is 1.65. The molecule has 5 rings (SSSR count). The van der Waals surface area contributed by atoms with Crippen molar-refractivity contribution in [2.45, 2.75) is 5.25 Å². The standard InChI is InChI=1S/C26H19ClN4OS/c27-25-22(23(30-31-25)16-8-2-1-3-9-16)24(33)19-11-5-6-12-20(19)26(32)29-18-14-17-10-4-7-13-21(17)28-15-18/h1-15,24,33H,(H,29,32)(H,30,31). The highest BCUT2D eigenvalue weighted by molar-refractivity contribution is 7.80. The number of anilines is 1. The molecule has 5 aromatic rings. The smallest absolute Gasteiger partial charge is 0.256 e. The number of H-pyrrole nitrogens is 1. The van der Waals surface area contributed by atoms with E-state index in [1.54, 1.807) is 12.3 Å². The van der Waals surface area contributed by atoms with Crippen molar-refractivity contribution in [1.29, 1.82) is 0 Å². The van der Waals surface area contributed by atoms with Gasteiger partial charge in [-0.3, -0.25) is 14.9 Å². The average molecular weight is 471 g/mol. The number of fused-ring (bicyclic) bond motifs is 1. The number of aromatic amines is 1. The molecule has 2 N–H and O–H groups in total. The van der Waals surface area contributed by atoms with Crippen molar-refractivity contribution >= 4 is 46.7 Å². The molecule has 0 bridgehead atoms. The van der Waals surface area contributed by atoms with Gasteiger partial charge in [-0.2, -0.15) is 17.7 Å². The first-order valence-electron chi connectivity index (χ1n) is 10.3. The summed E-state index contributed by atoms with van der Waals surface area (Å²) in [6, 6.07) is 26.8. The average Bonchev–Trinajstić information content (AvgIpc) is 3.25. The van der Waals surface area contributed by atoms with E-state index in [1.807, 2.05) is 78.9 Å². The lowest BCUT2D eigenvalue weighted by atomic mass is 9.96. The van der Waals surface area contributed by atoms with Gasteiger partial charge < -0.3 is 5.32 Å². The summed E-state index contributed by atoms with van der Waals surface area (Å²) < 4.78 is 0. The van der Waals surface area contributed by atoms with Crippen LogP contribution in [0.15, 0.2) is 91.1 Å². The van der Waals surface area contributed by atoms with Crippen LogP contribution in [0.5, 0.6) is 0 Å². The molecule has 7 heteroatoms. The summed E-state index contributed by atoms with van der Waals surface area (Å²) in [6.45, 7) is 0. The summed E-state index contributed by atoms with van der Waals surface area (Å²) in [7, 11) is 0. The molecule has 0 aliphatic heterocycles. The molecule has 0 saturated carbocycles. The Morgan fingerprint density at radius 3 is 2.55 bits per heavy atom. The number of pyridine rings is 1. The number of nitrogens with one attached hydrogen (secondary N) is 2. The fraction of sp³-hybridized carbons (Fsp3) is 0.0385. The number of hydrogen-bond acceptors (Lipinski definition) is 4. The van der Waals surface area contributed by atoms with E-state index in [0.29, 0.717) is 22.1 Å². The second-order valence-electron chi connectivity index (χ2n) is 7.53. The Hall–Kier alpha value is -3.61. The van der Waals surface area contributed by atoms with Crippen molar-refractivity contribution in [3.8, 4) is 11.3 Å². The van der Waals surface area contributed by atoms with Gasteiger partial charge in [-0.1, -0.05) is 78.3 Å². The Labute approximate surface area is 201 Å². The van der Waals surface area contributed by atoms with Crippen LogP contribution in [0.25, 0.3) is 22.2 Å². The fourth-order valence-corrected chi connectivity index (χ4v) is 4.62. The lowest BCUT2D eigenvalue weighted by Crippen LogP contribution is -2.15. The van der Waals surface area contributed by atoms with Crippen LogP contribution in [0.4, 0.5) is 5.69 Å². The topological polar surface area (TPSA) is 70.7 Å². The molecule has 5 nitrogen and oxygen atoms in total. The molecule has 162 valence electrons. The molecule has 33 heavy (non-hydrogen) atoms. The van der Waals surface area contributed by atoms with E-state index in [2.05, 4.69) is 20.5 Å². The number of carbonyl (C=O) groups excluding carboxylic acids is 1. The quantitative estimate of drug-likeness (QED) is 0.255. The summed E-state index contributed by atoms with van der Waals surface area (Å²) in [4.78, 5) is 17.7. The molecule has 2 aromatic heterocycles. The van der Waals surface area contributed by atoms with Crippen LogP contribution in [0, 0.1) is 0 Å². The van der Waals surface area contributed by atoms with E-state index < -0.39 is 5.25 Å². The Morgan fingerprint density at radius 2 is 1.70 bits per heavy atom. The SMILES string of the molecule is O=C(Nc1cnc2ccccc2c1)c1ccccc1C(S)c1c(-c2ccccc2)n[nH]c1Cl. The van der Waals surface area contributed by atoms with Crippen molar-refractivity contribution in [3.05, 3.63) is 113 Å². The number of aromatic nitrogens is 3. The zero-order valence-corrected chi connectivity index (χ0v) is 19.0. The maximum atomic E-state index is 13.3. The van der Waals surface area contributed by atoms with Gasteiger partial charge in [-0.05, 0) is 23.8 Å². The lowest BCUT2D eigenvalue weighted by Gasteiger charge is -2.17. The molecule has 0 saturated heterocycles. The van der Waals surface area contributed by atoms with Crippen molar-refractivity contribution in [1.82, 2.24) is 15.2 Å². The predicted molar refractivity (Wildman–Crippen MR) is 136 cm³/mol. The first-order chi connectivity index (χ1) is 16.1. The van der Waals surface area contributed by atoms with Crippen molar-refractivity contribution in [3.63, 3.8) is 0 Å². The molecule has 1 amide bonds. The molecule has 0 aliphatic rings. The van der Waals surface area contributed by atoms with Gasteiger partial charge in [0.2, 0.25) is 0 Å². The maximum absolute atomic E-state index is 13.3. The molecular weight excluding hydrogens is 452 g/mol. The van der Waals surface area contributed by atoms with Gasteiger partial charge in [0.05, 0.1) is 28.3 Å². The van der Waals surface area contributed by atoms with Crippen LogP contribution in [0.2, 0.25) is 5.15 Å². The third-order valence-corrected chi connectivity index (χ3v) is 6.25. The minimum atomic E-state index is -0.469. The molecule has 2 heterocycles. The van der Waals surface area contributed by atoms with Crippen LogP contribution < -0.4 is 5.32 Å². The number of hydrogen-bond donors (Lipinski definition) is 3. The highest BCUT2D eigenvalue weighted by Gasteiger charge is 2.25. The van der Waals surface area contributed by atoms with Crippen LogP contribution in [-0.4, -0.2) is 21.1 Å². The number of carbonyl (C=O) groups is 1. The number of rotatable bonds is 5. The maximum Gasteiger partial charge on any atom is 0.256 e. The fourth-order valence-electron chi connectivity index (χ4n) is 3.83. The second kappa shape index (κ2) is 9.10. The van der Waals surface area contributed by atoms with Crippen LogP contribution in [-0.2, 0) is 0 Å². The number of nitrogens with zero attached hydrogens (tertiary/aromatic N) is 2. The summed E-state index contributed by atoms with van der Waals surface area (Å²) in [5.41, 5.74) is 5.06. The van der Waals surface area contributed by atoms with E-state index in [-0.39, 0.29) is 5.91 Å². The Kier molecular flexibility index (Phi) is 5.86. The number of para-hydroxylation sites is 1. The largest absolute Gasteiger partial charge is 0.321 e. The molecular formula is C26H19ClN4OS. The first kappa shape index (κ1) is 21.2.